The average molecular weight is 271 g/mol. The lowest BCUT2D eigenvalue weighted by atomic mass is 9.82. The zero-order valence-electron chi connectivity index (χ0n) is 11.8. The van der Waals surface area contributed by atoms with E-state index in [4.69, 9.17) is 11.0 Å². The molecule has 3 heterocycles. The van der Waals surface area contributed by atoms with Gasteiger partial charge in [-0.1, -0.05) is 6.42 Å². The largest absolute Gasteiger partial charge is 0.395 e. The Kier molecular flexibility index (Phi) is 3.49. The predicted molar refractivity (Wildman–Crippen MR) is 79.2 cm³/mol. The Bertz CT molecular complexity index is 522. The molecule has 0 spiro atoms. The van der Waals surface area contributed by atoms with Crippen molar-refractivity contribution in [2.24, 2.45) is 0 Å². The van der Waals surface area contributed by atoms with Gasteiger partial charge in [-0.3, -0.25) is 0 Å². The van der Waals surface area contributed by atoms with E-state index in [0.717, 1.165) is 12.8 Å². The first-order chi connectivity index (χ1) is 9.69. The van der Waals surface area contributed by atoms with Gasteiger partial charge in [0.25, 0.3) is 0 Å². The molecule has 2 aliphatic heterocycles. The summed E-state index contributed by atoms with van der Waals surface area (Å²) in [6.45, 7) is 0. The Morgan fingerprint density at radius 3 is 2.75 bits per heavy atom. The first kappa shape index (κ1) is 13.2. The van der Waals surface area contributed by atoms with Crippen LogP contribution in [0.25, 0.3) is 0 Å². The van der Waals surface area contributed by atoms with Gasteiger partial charge in [0, 0.05) is 24.3 Å². The second kappa shape index (κ2) is 5.29. The van der Waals surface area contributed by atoms with Crippen LogP contribution in [-0.2, 0) is 0 Å². The van der Waals surface area contributed by atoms with E-state index in [1.54, 1.807) is 12.3 Å². The Hall–Kier alpha value is -1.80. The molecule has 20 heavy (non-hydrogen) atoms. The summed E-state index contributed by atoms with van der Waals surface area (Å²) in [5.41, 5.74) is 6.96. The van der Waals surface area contributed by atoms with Crippen LogP contribution in [0.4, 0.5) is 11.5 Å². The van der Waals surface area contributed by atoms with Crippen LogP contribution < -0.4 is 11.1 Å². The van der Waals surface area contributed by atoms with Crippen molar-refractivity contribution in [1.29, 1.82) is 5.26 Å². The summed E-state index contributed by atoms with van der Waals surface area (Å²) in [4.78, 5) is 6.83. The van der Waals surface area contributed by atoms with Crippen LogP contribution in [-0.4, -0.2) is 35.1 Å². The fourth-order valence-corrected chi connectivity index (χ4v) is 3.61. The standard InChI is InChI=1S/C15H21N5/c1-20-12-3-2-4-13(20)8-11(7-12)19-15-14(17)10(9-16)5-6-18-15/h5-6,11-13H,2-4,7-8,17H2,1H3,(H,18,19). The van der Waals surface area contributed by atoms with Crippen LogP contribution in [0.5, 0.6) is 0 Å². The summed E-state index contributed by atoms with van der Waals surface area (Å²) >= 11 is 0. The van der Waals surface area contributed by atoms with Crippen molar-refractivity contribution in [3.63, 3.8) is 0 Å². The molecule has 3 rings (SSSR count). The zero-order valence-corrected chi connectivity index (χ0v) is 11.8. The zero-order chi connectivity index (χ0) is 14.1. The van der Waals surface area contributed by atoms with E-state index in [-0.39, 0.29) is 0 Å². The SMILES string of the molecule is CN1C2CCCC1CC(Nc1nccc(C#N)c1N)C2. The number of pyridine rings is 1. The molecule has 5 heteroatoms. The quantitative estimate of drug-likeness (QED) is 0.859. The molecule has 0 saturated carbocycles. The van der Waals surface area contributed by atoms with E-state index in [1.807, 2.05) is 0 Å². The van der Waals surface area contributed by atoms with Crippen LogP contribution in [0, 0.1) is 11.3 Å². The number of hydrogen-bond donors (Lipinski definition) is 2. The van der Waals surface area contributed by atoms with Crippen LogP contribution in [0.1, 0.15) is 37.7 Å². The van der Waals surface area contributed by atoms with Crippen LogP contribution in [0.15, 0.2) is 12.3 Å². The lowest BCUT2D eigenvalue weighted by Crippen LogP contribution is -2.52. The molecule has 2 fully saturated rings. The summed E-state index contributed by atoms with van der Waals surface area (Å²) in [7, 11) is 2.24. The van der Waals surface area contributed by atoms with E-state index in [0.29, 0.717) is 35.2 Å². The molecule has 5 nitrogen and oxygen atoms in total. The molecular formula is C15H21N5. The molecule has 106 valence electrons. The van der Waals surface area contributed by atoms with Gasteiger partial charge in [0.15, 0.2) is 5.82 Å². The lowest BCUT2D eigenvalue weighted by Gasteiger charge is -2.47. The summed E-state index contributed by atoms with van der Waals surface area (Å²) in [6.07, 6.45) is 7.82. The van der Waals surface area contributed by atoms with E-state index in [1.165, 1.54) is 19.3 Å². The second-order valence-electron chi connectivity index (χ2n) is 5.95. The fraction of sp³-hybridized carbons (Fsp3) is 0.600. The Balaban J connectivity index is 1.75. The van der Waals surface area contributed by atoms with Gasteiger partial charge in [-0.15, -0.1) is 0 Å². The minimum absolute atomic E-state index is 0.408. The van der Waals surface area contributed by atoms with Crippen LogP contribution in [0.2, 0.25) is 0 Å². The van der Waals surface area contributed by atoms with Gasteiger partial charge in [0.1, 0.15) is 6.07 Å². The van der Waals surface area contributed by atoms with E-state index < -0.39 is 0 Å². The van der Waals surface area contributed by atoms with Gasteiger partial charge in [-0.2, -0.15) is 5.26 Å². The summed E-state index contributed by atoms with van der Waals surface area (Å²) in [5, 5.41) is 12.5. The van der Waals surface area contributed by atoms with Crippen molar-refractivity contribution in [3.8, 4) is 6.07 Å². The van der Waals surface area contributed by atoms with Crippen LogP contribution in [0.3, 0.4) is 0 Å². The molecule has 1 aromatic rings. The molecular weight excluding hydrogens is 250 g/mol. The molecule has 2 atom stereocenters. The highest BCUT2D eigenvalue weighted by Gasteiger charge is 2.36. The molecule has 0 aromatic carbocycles. The molecule has 0 amide bonds. The maximum atomic E-state index is 9.02. The van der Waals surface area contributed by atoms with Gasteiger partial charge in [-0.05, 0) is 38.8 Å². The Morgan fingerprint density at radius 2 is 2.10 bits per heavy atom. The molecule has 0 aliphatic carbocycles. The number of aromatic nitrogens is 1. The number of nitrogens with zero attached hydrogens (tertiary/aromatic N) is 3. The summed E-state index contributed by atoms with van der Waals surface area (Å²) in [5.74, 6) is 0.664. The molecule has 2 bridgehead atoms. The smallest absolute Gasteiger partial charge is 0.150 e. The highest BCUT2D eigenvalue weighted by Crippen LogP contribution is 2.34. The van der Waals surface area contributed by atoms with E-state index >= 15 is 0 Å². The molecule has 3 N–H and O–H groups in total. The van der Waals surface area contributed by atoms with Gasteiger partial charge in [0.2, 0.25) is 0 Å². The number of anilines is 2. The highest BCUT2D eigenvalue weighted by molar-refractivity contribution is 5.69. The van der Waals surface area contributed by atoms with Gasteiger partial charge in [0.05, 0.1) is 11.3 Å². The number of nitrogens with two attached hydrogens (primary N) is 1. The minimum Gasteiger partial charge on any atom is -0.395 e. The highest BCUT2D eigenvalue weighted by atomic mass is 15.2. The lowest BCUT2D eigenvalue weighted by molar-refractivity contribution is 0.0608. The average Bonchev–Trinajstić information content (AvgIpc) is 2.42. The Morgan fingerprint density at radius 1 is 1.40 bits per heavy atom. The topological polar surface area (TPSA) is 78.0 Å². The van der Waals surface area contributed by atoms with Gasteiger partial charge in [-0.25, -0.2) is 4.98 Å². The third kappa shape index (κ3) is 2.32. The number of nitrogens with one attached hydrogen (secondary N) is 1. The first-order valence-corrected chi connectivity index (χ1v) is 7.32. The third-order valence-corrected chi connectivity index (χ3v) is 4.79. The van der Waals surface area contributed by atoms with Crippen molar-refractivity contribution < 1.29 is 0 Å². The van der Waals surface area contributed by atoms with Crippen molar-refractivity contribution in [2.75, 3.05) is 18.1 Å². The number of rotatable bonds is 2. The maximum Gasteiger partial charge on any atom is 0.150 e. The number of fused-ring (bicyclic) bond motifs is 2. The van der Waals surface area contributed by atoms with Crippen molar-refractivity contribution in [2.45, 2.75) is 50.2 Å². The number of nitrogen functional groups attached to an aromatic ring is 1. The van der Waals surface area contributed by atoms with Gasteiger partial charge >= 0.3 is 0 Å². The fourth-order valence-electron chi connectivity index (χ4n) is 3.61. The monoisotopic (exact) mass is 271 g/mol. The van der Waals surface area contributed by atoms with Crippen molar-refractivity contribution in [1.82, 2.24) is 9.88 Å². The number of piperidine rings is 2. The molecule has 1 aromatic heterocycles. The Labute approximate surface area is 119 Å². The van der Waals surface area contributed by atoms with Crippen LogP contribution >= 0.6 is 0 Å². The van der Waals surface area contributed by atoms with Gasteiger partial charge < -0.3 is 16.0 Å². The van der Waals surface area contributed by atoms with E-state index in [2.05, 4.69) is 28.3 Å². The third-order valence-electron chi connectivity index (χ3n) is 4.79. The predicted octanol–water partition coefficient (Wildman–Crippen LogP) is 1.96. The van der Waals surface area contributed by atoms with Crippen molar-refractivity contribution in [3.05, 3.63) is 17.8 Å². The minimum atomic E-state index is 0.408. The molecule has 2 unspecified atom stereocenters. The summed E-state index contributed by atoms with van der Waals surface area (Å²) in [6, 6.07) is 5.50. The number of hydrogen-bond acceptors (Lipinski definition) is 5. The van der Waals surface area contributed by atoms with E-state index in [9.17, 15) is 0 Å². The summed E-state index contributed by atoms with van der Waals surface area (Å²) < 4.78 is 0. The maximum absolute atomic E-state index is 9.02. The molecule has 0 radical (unpaired) electrons. The molecule has 2 saturated heterocycles. The van der Waals surface area contributed by atoms with Crippen molar-refractivity contribution >= 4 is 11.5 Å². The second-order valence-corrected chi connectivity index (χ2v) is 5.95. The number of nitriles is 1. The normalized spacial score (nSPS) is 29.7. The first-order valence-electron chi connectivity index (χ1n) is 7.32. The molecule has 2 aliphatic rings.